The Bertz CT molecular complexity index is 779. The molecule has 0 spiro atoms. The van der Waals surface area contributed by atoms with E-state index in [1.807, 2.05) is 30.3 Å². The van der Waals surface area contributed by atoms with E-state index in [1.54, 1.807) is 0 Å². The highest BCUT2D eigenvalue weighted by Crippen LogP contribution is 2.39. The van der Waals surface area contributed by atoms with Gasteiger partial charge in [0.2, 0.25) is 5.82 Å². The van der Waals surface area contributed by atoms with Gasteiger partial charge in [-0.2, -0.15) is 0 Å². The van der Waals surface area contributed by atoms with Crippen LogP contribution in [0.25, 0.3) is 0 Å². The number of carbonyl (C=O) groups is 1. The molecule has 0 aliphatic carbocycles. The van der Waals surface area contributed by atoms with Gasteiger partial charge in [-0.25, -0.2) is 22.8 Å². The third-order valence-electron chi connectivity index (χ3n) is 4.89. The number of alkyl halides is 3. The second-order valence-electron chi connectivity index (χ2n) is 6.41. The number of aromatic nitrogens is 3. The Morgan fingerprint density at radius 2 is 2.00 bits per heavy atom. The number of hydrogen-bond acceptors (Lipinski definition) is 3. The highest BCUT2D eigenvalue weighted by molar-refractivity contribution is 5.91. The molecule has 3 heterocycles. The minimum atomic E-state index is -2.60. The Morgan fingerprint density at radius 3 is 2.72 bits per heavy atom. The van der Waals surface area contributed by atoms with E-state index in [0.29, 0.717) is 6.42 Å². The third kappa shape index (κ3) is 2.69. The third-order valence-corrected chi connectivity index (χ3v) is 4.89. The molecule has 1 aromatic carbocycles. The van der Waals surface area contributed by atoms with Crippen LogP contribution in [0.15, 0.2) is 30.3 Å². The van der Waals surface area contributed by atoms with Crippen LogP contribution in [0.4, 0.5) is 13.2 Å². The van der Waals surface area contributed by atoms with E-state index in [-0.39, 0.29) is 37.1 Å². The SMILES string of the molecule is O=C(c1nc2n(n1)[C@@H](c1ccccc1)C[C@H]2F)N1CCC[C@H]1C(F)F. The average Bonchev–Trinajstić information content (AvgIpc) is 3.31. The van der Waals surface area contributed by atoms with Crippen molar-refractivity contribution in [3.63, 3.8) is 0 Å². The van der Waals surface area contributed by atoms with Crippen molar-refractivity contribution < 1.29 is 18.0 Å². The summed E-state index contributed by atoms with van der Waals surface area (Å²) in [6.45, 7) is 0.249. The lowest BCUT2D eigenvalue weighted by Crippen LogP contribution is -2.40. The summed E-state index contributed by atoms with van der Waals surface area (Å²) in [7, 11) is 0. The van der Waals surface area contributed by atoms with E-state index in [2.05, 4.69) is 10.1 Å². The number of rotatable bonds is 3. The molecule has 2 aliphatic rings. The standard InChI is InChI=1S/C17H17F3N4O/c18-11-9-13(10-5-2-1-3-6-10)24-16(11)21-15(22-24)17(25)23-8-4-7-12(23)14(19)20/h1-3,5-6,11-14H,4,7-9H2/t11-,12+,13-/m1/s1. The summed E-state index contributed by atoms with van der Waals surface area (Å²) in [6, 6.07) is 7.83. The first-order valence-corrected chi connectivity index (χ1v) is 8.31. The number of benzene rings is 1. The maximum Gasteiger partial charge on any atom is 0.293 e. The van der Waals surface area contributed by atoms with Crippen LogP contribution < -0.4 is 0 Å². The molecule has 4 rings (SSSR count). The van der Waals surface area contributed by atoms with Crippen LogP contribution in [0.2, 0.25) is 0 Å². The molecule has 1 fully saturated rings. The monoisotopic (exact) mass is 350 g/mol. The predicted octanol–water partition coefficient (Wildman–Crippen LogP) is 3.15. The van der Waals surface area contributed by atoms with Gasteiger partial charge in [-0.3, -0.25) is 4.79 Å². The van der Waals surface area contributed by atoms with Crippen molar-refractivity contribution >= 4 is 5.91 Å². The molecule has 0 N–H and O–H groups in total. The largest absolute Gasteiger partial charge is 0.327 e. The molecule has 0 saturated carbocycles. The summed E-state index contributed by atoms with van der Waals surface area (Å²) >= 11 is 0. The molecule has 2 aromatic rings. The molecular weight excluding hydrogens is 333 g/mol. The molecule has 132 valence electrons. The zero-order valence-electron chi connectivity index (χ0n) is 13.4. The Balaban J connectivity index is 1.64. The van der Waals surface area contributed by atoms with Crippen molar-refractivity contribution in [3.05, 3.63) is 47.5 Å². The lowest BCUT2D eigenvalue weighted by atomic mass is 10.0. The van der Waals surface area contributed by atoms with Crippen molar-refractivity contribution in [2.24, 2.45) is 0 Å². The van der Waals surface area contributed by atoms with Gasteiger partial charge in [0.1, 0.15) is 0 Å². The van der Waals surface area contributed by atoms with Crippen molar-refractivity contribution in [3.8, 4) is 0 Å². The summed E-state index contributed by atoms with van der Waals surface area (Å²) < 4.78 is 41.9. The predicted molar refractivity (Wildman–Crippen MR) is 83.1 cm³/mol. The van der Waals surface area contributed by atoms with Gasteiger partial charge in [0.15, 0.2) is 12.0 Å². The molecule has 1 saturated heterocycles. The number of hydrogen-bond donors (Lipinski definition) is 0. The summed E-state index contributed by atoms with van der Waals surface area (Å²) in [6.07, 6.45) is -2.95. The van der Waals surface area contributed by atoms with Gasteiger partial charge in [0, 0.05) is 13.0 Å². The van der Waals surface area contributed by atoms with E-state index in [1.165, 1.54) is 4.68 Å². The maximum atomic E-state index is 14.3. The van der Waals surface area contributed by atoms with Crippen LogP contribution in [0.3, 0.4) is 0 Å². The van der Waals surface area contributed by atoms with E-state index >= 15 is 0 Å². The molecule has 2 aliphatic heterocycles. The van der Waals surface area contributed by atoms with E-state index in [9.17, 15) is 18.0 Å². The molecule has 0 bridgehead atoms. The Kier molecular flexibility index (Phi) is 3.97. The minimum Gasteiger partial charge on any atom is -0.327 e. The Labute approximate surface area is 142 Å². The quantitative estimate of drug-likeness (QED) is 0.854. The summed E-state index contributed by atoms with van der Waals surface area (Å²) in [5, 5.41) is 4.17. The van der Waals surface area contributed by atoms with Crippen molar-refractivity contribution in [2.45, 2.75) is 43.9 Å². The topological polar surface area (TPSA) is 51.0 Å². The zero-order valence-corrected chi connectivity index (χ0v) is 13.4. The number of amides is 1. The number of likely N-dealkylation sites (tertiary alicyclic amines) is 1. The van der Waals surface area contributed by atoms with Crippen LogP contribution in [0, 0.1) is 0 Å². The van der Waals surface area contributed by atoms with Gasteiger partial charge < -0.3 is 4.90 Å². The lowest BCUT2D eigenvalue weighted by molar-refractivity contribution is 0.0354. The molecule has 3 atom stereocenters. The molecule has 1 amide bonds. The summed E-state index contributed by atoms with van der Waals surface area (Å²) in [5.41, 5.74) is 0.874. The van der Waals surface area contributed by atoms with Crippen LogP contribution in [-0.4, -0.2) is 44.6 Å². The van der Waals surface area contributed by atoms with Gasteiger partial charge in [-0.1, -0.05) is 30.3 Å². The number of carbonyl (C=O) groups excluding carboxylic acids is 1. The Hall–Kier alpha value is -2.38. The van der Waals surface area contributed by atoms with Gasteiger partial charge in [-0.05, 0) is 18.4 Å². The second kappa shape index (κ2) is 6.16. The van der Waals surface area contributed by atoms with Crippen molar-refractivity contribution in [1.82, 2.24) is 19.7 Å². The molecule has 5 nitrogen and oxygen atoms in total. The summed E-state index contributed by atoms with van der Waals surface area (Å²) in [4.78, 5) is 17.7. The fraction of sp³-hybridized carbons (Fsp3) is 0.471. The fourth-order valence-electron chi connectivity index (χ4n) is 3.66. The zero-order chi connectivity index (χ0) is 17.6. The van der Waals surface area contributed by atoms with E-state index in [0.717, 1.165) is 10.5 Å². The van der Waals surface area contributed by atoms with Gasteiger partial charge >= 0.3 is 0 Å². The van der Waals surface area contributed by atoms with Gasteiger partial charge in [-0.15, -0.1) is 5.10 Å². The normalized spacial score (nSPS) is 25.6. The first-order chi connectivity index (χ1) is 12.1. The van der Waals surface area contributed by atoms with Crippen LogP contribution in [-0.2, 0) is 0 Å². The molecule has 8 heteroatoms. The van der Waals surface area contributed by atoms with Crippen molar-refractivity contribution in [2.75, 3.05) is 6.54 Å². The molecule has 0 radical (unpaired) electrons. The van der Waals surface area contributed by atoms with E-state index < -0.39 is 24.5 Å². The maximum absolute atomic E-state index is 14.3. The van der Waals surface area contributed by atoms with Gasteiger partial charge in [0.05, 0.1) is 12.1 Å². The van der Waals surface area contributed by atoms with E-state index in [4.69, 9.17) is 0 Å². The lowest BCUT2D eigenvalue weighted by Gasteiger charge is -2.22. The number of halogens is 3. The first kappa shape index (κ1) is 16.1. The first-order valence-electron chi connectivity index (χ1n) is 8.31. The average molecular weight is 350 g/mol. The Morgan fingerprint density at radius 1 is 1.24 bits per heavy atom. The highest BCUT2D eigenvalue weighted by atomic mass is 19.3. The minimum absolute atomic E-state index is 0.0880. The number of fused-ring (bicyclic) bond motifs is 1. The van der Waals surface area contributed by atoms with Crippen LogP contribution in [0.1, 0.15) is 53.5 Å². The van der Waals surface area contributed by atoms with Gasteiger partial charge in [0.25, 0.3) is 12.3 Å². The second-order valence-corrected chi connectivity index (χ2v) is 6.41. The van der Waals surface area contributed by atoms with Crippen molar-refractivity contribution in [1.29, 1.82) is 0 Å². The van der Waals surface area contributed by atoms with Crippen LogP contribution in [0.5, 0.6) is 0 Å². The van der Waals surface area contributed by atoms with Crippen LogP contribution >= 0.6 is 0 Å². The smallest absolute Gasteiger partial charge is 0.293 e. The summed E-state index contributed by atoms with van der Waals surface area (Å²) in [5.74, 6) is -0.764. The number of nitrogens with zero attached hydrogens (tertiary/aromatic N) is 4. The highest BCUT2D eigenvalue weighted by Gasteiger charge is 2.40. The molecule has 1 aromatic heterocycles. The molecule has 0 unspecified atom stereocenters. The molecule has 25 heavy (non-hydrogen) atoms. The fourth-order valence-corrected chi connectivity index (χ4v) is 3.66. The molecular formula is C17H17F3N4O.